The first-order valence-corrected chi connectivity index (χ1v) is 12.6. The SMILES string of the molecule is COc1nc(NC23CC4CC(CC(O)(C4)C2)C3)nc(-c2ccc(C#N)c(F)c2)c1-c1ccc(C)c(F)c1. The average Bonchev–Trinajstić information content (AvgIpc) is 2.83. The van der Waals surface area contributed by atoms with Crippen molar-refractivity contribution in [2.24, 2.45) is 11.8 Å². The van der Waals surface area contributed by atoms with Gasteiger partial charge in [-0.15, -0.1) is 0 Å². The summed E-state index contributed by atoms with van der Waals surface area (Å²) in [5.41, 5.74) is 1.13. The topological polar surface area (TPSA) is 91.1 Å². The molecule has 37 heavy (non-hydrogen) atoms. The Morgan fingerprint density at radius 2 is 1.73 bits per heavy atom. The molecule has 0 spiro atoms. The predicted molar refractivity (Wildman–Crippen MR) is 135 cm³/mol. The number of benzene rings is 2. The minimum absolute atomic E-state index is 0.0761. The summed E-state index contributed by atoms with van der Waals surface area (Å²) in [6.45, 7) is 1.68. The Kier molecular flexibility index (Phi) is 5.46. The molecule has 4 aliphatic carbocycles. The van der Waals surface area contributed by atoms with E-state index in [1.54, 1.807) is 25.1 Å². The van der Waals surface area contributed by atoms with Crippen molar-refractivity contribution in [3.05, 3.63) is 59.2 Å². The van der Waals surface area contributed by atoms with Gasteiger partial charge in [0.15, 0.2) is 0 Å². The number of hydrogen-bond acceptors (Lipinski definition) is 6. The van der Waals surface area contributed by atoms with E-state index in [-0.39, 0.29) is 22.8 Å². The van der Waals surface area contributed by atoms with Gasteiger partial charge in [-0.25, -0.2) is 13.8 Å². The van der Waals surface area contributed by atoms with Crippen LogP contribution in [0, 0.1) is 41.7 Å². The minimum Gasteiger partial charge on any atom is -0.480 e. The summed E-state index contributed by atoms with van der Waals surface area (Å²) in [4.78, 5) is 9.49. The second-order valence-electron chi connectivity index (χ2n) is 11.1. The molecule has 1 heterocycles. The van der Waals surface area contributed by atoms with Crippen LogP contribution in [0.25, 0.3) is 22.4 Å². The second-order valence-corrected chi connectivity index (χ2v) is 11.1. The van der Waals surface area contributed by atoms with E-state index in [1.807, 2.05) is 6.07 Å². The van der Waals surface area contributed by atoms with Gasteiger partial charge in [0.1, 0.15) is 17.7 Å². The second kappa shape index (κ2) is 8.49. The standard InChI is InChI=1S/C29H28F2N4O2/c1-16-3-4-19(8-22(16)30)24-25(20-5-6-21(14-32)23(31)9-20)33-27(34-26(24)37-2)35-28-10-17-7-18(11-28)13-29(36,12-17)15-28/h3-6,8-9,17-18,36H,7,10-13,15H2,1-2H3,(H,33,34,35). The molecular weight excluding hydrogens is 474 g/mol. The van der Waals surface area contributed by atoms with Crippen molar-refractivity contribution in [2.45, 2.75) is 56.6 Å². The highest BCUT2D eigenvalue weighted by Gasteiger charge is 2.57. The highest BCUT2D eigenvalue weighted by molar-refractivity contribution is 5.85. The lowest BCUT2D eigenvalue weighted by molar-refractivity contribution is -0.127. The summed E-state index contributed by atoms with van der Waals surface area (Å²) in [5.74, 6) is 0.407. The van der Waals surface area contributed by atoms with Gasteiger partial charge in [0.2, 0.25) is 11.8 Å². The monoisotopic (exact) mass is 502 g/mol. The molecule has 3 aromatic rings. The van der Waals surface area contributed by atoms with Crippen LogP contribution in [0.4, 0.5) is 14.7 Å². The molecule has 2 atom stereocenters. The number of methoxy groups -OCH3 is 1. The molecule has 6 nitrogen and oxygen atoms in total. The lowest BCUT2D eigenvalue weighted by Crippen LogP contribution is -2.62. The highest BCUT2D eigenvalue weighted by Crippen LogP contribution is 2.58. The maximum absolute atomic E-state index is 14.7. The number of ether oxygens (including phenoxy) is 1. The molecule has 1 aromatic heterocycles. The molecule has 7 rings (SSSR count). The van der Waals surface area contributed by atoms with E-state index in [0.717, 1.165) is 32.1 Å². The number of anilines is 1. The third-order valence-corrected chi connectivity index (χ3v) is 8.30. The molecule has 0 saturated heterocycles. The lowest BCUT2D eigenvalue weighted by atomic mass is 9.51. The zero-order chi connectivity index (χ0) is 25.9. The predicted octanol–water partition coefficient (Wildman–Crippen LogP) is 5.77. The Morgan fingerprint density at radius 1 is 1.03 bits per heavy atom. The van der Waals surface area contributed by atoms with E-state index >= 15 is 0 Å². The largest absolute Gasteiger partial charge is 0.480 e. The van der Waals surface area contributed by atoms with Gasteiger partial charge in [0.05, 0.1) is 29.5 Å². The van der Waals surface area contributed by atoms with Crippen LogP contribution >= 0.6 is 0 Å². The normalized spacial score (nSPS) is 27.7. The zero-order valence-electron chi connectivity index (χ0n) is 20.8. The maximum Gasteiger partial charge on any atom is 0.227 e. The van der Waals surface area contributed by atoms with Gasteiger partial charge in [-0.2, -0.15) is 10.2 Å². The lowest BCUT2D eigenvalue weighted by Gasteiger charge is -2.60. The van der Waals surface area contributed by atoms with E-state index in [4.69, 9.17) is 9.72 Å². The molecule has 8 heteroatoms. The fourth-order valence-corrected chi connectivity index (χ4v) is 7.21. The van der Waals surface area contributed by atoms with Crippen molar-refractivity contribution in [3.8, 4) is 34.3 Å². The molecule has 4 bridgehead atoms. The highest BCUT2D eigenvalue weighted by atomic mass is 19.1. The van der Waals surface area contributed by atoms with Crippen LogP contribution in [-0.4, -0.2) is 33.3 Å². The van der Waals surface area contributed by atoms with Gasteiger partial charge in [0, 0.05) is 11.1 Å². The van der Waals surface area contributed by atoms with Crippen LogP contribution in [-0.2, 0) is 0 Å². The molecule has 0 amide bonds. The van der Waals surface area contributed by atoms with Gasteiger partial charge in [-0.1, -0.05) is 18.2 Å². The summed E-state index contributed by atoms with van der Waals surface area (Å²) in [5, 5.41) is 23.9. The third kappa shape index (κ3) is 4.11. The maximum atomic E-state index is 14.7. The van der Waals surface area contributed by atoms with Gasteiger partial charge in [-0.05, 0) is 86.6 Å². The Labute approximate surface area is 214 Å². The first-order chi connectivity index (χ1) is 17.7. The molecule has 4 fully saturated rings. The average molecular weight is 503 g/mol. The van der Waals surface area contributed by atoms with Crippen molar-refractivity contribution in [1.82, 2.24) is 9.97 Å². The van der Waals surface area contributed by atoms with E-state index in [0.29, 0.717) is 52.2 Å². The van der Waals surface area contributed by atoms with E-state index < -0.39 is 11.4 Å². The van der Waals surface area contributed by atoms with Gasteiger partial charge >= 0.3 is 0 Å². The molecule has 2 N–H and O–H groups in total. The van der Waals surface area contributed by atoms with Crippen LogP contribution in [0.1, 0.15) is 49.7 Å². The Morgan fingerprint density at radius 3 is 2.35 bits per heavy atom. The number of aromatic nitrogens is 2. The Balaban J connectivity index is 1.50. The summed E-state index contributed by atoms with van der Waals surface area (Å²) >= 11 is 0. The van der Waals surface area contributed by atoms with Crippen LogP contribution in [0.15, 0.2) is 36.4 Å². The number of nitrogens with zero attached hydrogens (tertiary/aromatic N) is 3. The number of rotatable bonds is 5. The molecular formula is C29H28F2N4O2. The summed E-state index contributed by atoms with van der Waals surface area (Å²) in [6.07, 6.45) is 5.32. The van der Waals surface area contributed by atoms with E-state index in [1.165, 1.54) is 25.3 Å². The van der Waals surface area contributed by atoms with E-state index in [9.17, 15) is 19.1 Å². The fraction of sp³-hybridized carbons (Fsp3) is 0.414. The smallest absolute Gasteiger partial charge is 0.227 e. The fourth-order valence-electron chi connectivity index (χ4n) is 7.21. The number of aryl methyl sites for hydroxylation is 1. The van der Waals surface area contributed by atoms with Crippen molar-refractivity contribution >= 4 is 5.95 Å². The Bertz CT molecular complexity index is 1440. The van der Waals surface area contributed by atoms with Crippen LogP contribution in [0.5, 0.6) is 5.88 Å². The third-order valence-electron chi connectivity index (χ3n) is 8.30. The van der Waals surface area contributed by atoms with Gasteiger partial charge in [0.25, 0.3) is 0 Å². The van der Waals surface area contributed by atoms with Crippen LogP contribution in [0.3, 0.4) is 0 Å². The van der Waals surface area contributed by atoms with Crippen LogP contribution in [0.2, 0.25) is 0 Å². The van der Waals surface area contributed by atoms with Crippen molar-refractivity contribution in [1.29, 1.82) is 5.26 Å². The van der Waals surface area contributed by atoms with Gasteiger partial charge in [-0.3, -0.25) is 0 Å². The number of nitriles is 1. The molecule has 2 unspecified atom stereocenters. The first kappa shape index (κ1) is 23.8. The molecule has 2 aromatic carbocycles. The summed E-state index contributed by atoms with van der Waals surface area (Å²) < 4.78 is 35.0. The van der Waals surface area contributed by atoms with Crippen LogP contribution < -0.4 is 10.1 Å². The summed E-state index contributed by atoms with van der Waals surface area (Å²) in [6, 6.07) is 10.9. The van der Waals surface area contributed by atoms with E-state index in [2.05, 4.69) is 10.3 Å². The summed E-state index contributed by atoms with van der Waals surface area (Å²) in [7, 11) is 1.48. The molecule has 190 valence electrons. The number of hydrogen-bond donors (Lipinski definition) is 2. The zero-order valence-corrected chi connectivity index (χ0v) is 20.8. The van der Waals surface area contributed by atoms with Crippen molar-refractivity contribution < 1.29 is 18.6 Å². The molecule has 0 aliphatic heterocycles. The molecule has 4 aliphatic rings. The molecule has 4 saturated carbocycles. The van der Waals surface area contributed by atoms with Crippen molar-refractivity contribution in [3.63, 3.8) is 0 Å². The number of nitrogens with one attached hydrogen (secondary N) is 1. The molecule has 0 radical (unpaired) electrons. The minimum atomic E-state index is -0.670. The van der Waals surface area contributed by atoms with Crippen molar-refractivity contribution in [2.75, 3.05) is 12.4 Å². The number of halogens is 2. The Hall–Kier alpha value is -3.57. The quantitative estimate of drug-likeness (QED) is 0.460. The number of aliphatic hydroxyl groups is 1. The van der Waals surface area contributed by atoms with Gasteiger partial charge < -0.3 is 15.2 Å². The first-order valence-electron chi connectivity index (χ1n) is 12.6.